The van der Waals surface area contributed by atoms with E-state index in [2.05, 4.69) is 27.0 Å². The average molecular weight is 332 g/mol. The molecule has 4 aliphatic rings. The maximum atomic E-state index is 12.1. The fourth-order valence-electron chi connectivity index (χ4n) is 5.20. The van der Waals surface area contributed by atoms with E-state index in [1.165, 1.54) is 0 Å². The summed E-state index contributed by atoms with van der Waals surface area (Å²) in [5.41, 5.74) is 0.0707. The smallest absolute Gasteiger partial charge is 0.333 e. The first kappa shape index (κ1) is 17.2. The molecule has 4 nitrogen and oxygen atoms in total. The first-order valence-corrected chi connectivity index (χ1v) is 8.85. The lowest BCUT2D eigenvalue weighted by Crippen LogP contribution is -2.66. The minimum Gasteiger partial charge on any atom is -0.455 e. The lowest BCUT2D eigenvalue weighted by Gasteiger charge is -2.64. The van der Waals surface area contributed by atoms with Crippen LogP contribution in [0.5, 0.6) is 0 Å². The number of carbonyl (C=O) groups excluding carboxylic acids is 2. The van der Waals surface area contributed by atoms with Gasteiger partial charge in [-0.1, -0.05) is 13.2 Å². The SMILES string of the molecule is C=C(C)C(=O)OC1(C)C2CC3CC1CC(C2)C3(C)OC(=O)C(=C)C. The number of carbonyl (C=O) groups is 2. The summed E-state index contributed by atoms with van der Waals surface area (Å²) in [6.45, 7) is 14.9. The summed E-state index contributed by atoms with van der Waals surface area (Å²) < 4.78 is 11.8. The molecule has 24 heavy (non-hydrogen) atoms. The summed E-state index contributed by atoms with van der Waals surface area (Å²) in [6, 6.07) is 0. The Bertz CT molecular complexity index is 535. The summed E-state index contributed by atoms with van der Waals surface area (Å²) >= 11 is 0. The highest BCUT2D eigenvalue weighted by Crippen LogP contribution is 2.64. The minimum absolute atomic E-state index is 0.290. The Labute approximate surface area is 144 Å². The maximum Gasteiger partial charge on any atom is 0.333 e. The van der Waals surface area contributed by atoms with Crippen LogP contribution < -0.4 is 0 Å². The summed E-state index contributed by atoms with van der Waals surface area (Å²) in [5.74, 6) is 0.752. The van der Waals surface area contributed by atoms with Crippen molar-refractivity contribution in [2.45, 2.75) is 64.6 Å². The highest BCUT2D eigenvalue weighted by molar-refractivity contribution is 5.87. The molecular weight excluding hydrogens is 304 g/mol. The van der Waals surface area contributed by atoms with Gasteiger partial charge in [0.1, 0.15) is 11.2 Å². The molecule has 4 rings (SSSR count). The Morgan fingerprint density at radius 1 is 0.750 bits per heavy atom. The number of rotatable bonds is 4. The molecule has 0 aromatic heterocycles. The fraction of sp³-hybridized carbons (Fsp3) is 0.700. The maximum absolute atomic E-state index is 12.1. The molecule has 0 spiro atoms. The van der Waals surface area contributed by atoms with Crippen molar-refractivity contribution in [1.82, 2.24) is 0 Å². The summed E-state index contributed by atoms with van der Waals surface area (Å²) in [4.78, 5) is 24.2. The summed E-state index contributed by atoms with van der Waals surface area (Å²) in [6.07, 6.45) is 3.75. The van der Waals surface area contributed by atoms with E-state index >= 15 is 0 Å². The van der Waals surface area contributed by atoms with E-state index in [0.717, 1.165) is 25.7 Å². The first-order chi connectivity index (χ1) is 11.1. The van der Waals surface area contributed by atoms with Crippen LogP contribution in [0.2, 0.25) is 0 Å². The molecule has 0 amide bonds. The van der Waals surface area contributed by atoms with Gasteiger partial charge in [0.2, 0.25) is 0 Å². The van der Waals surface area contributed by atoms with Crippen molar-refractivity contribution in [3.63, 3.8) is 0 Å². The number of hydrogen-bond donors (Lipinski definition) is 0. The van der Waals surface area contributed by atoms with Crippen LogP contribution in [0.25, 0.3) is 0 Å². The van der Waals surface area contributed by atoms with Crippen molar-refractivity contribution < 1.29 is 19.1 Å². The Kier molecular flexibility index (Phi) is 3.93. The van der Waals surface area contributed by atoms with Crippen LogP contribution in [0.1, 0.15) is 53.4 Å². The standard InChI is InChI=1S/C20H28O4/c1-11(2)17(21)23-19(5)13-7-15-9-14(19)10-16(8-13)20(15,6)24-18(22)12(3)4/h13-16H,1,3,7-10H2,2,4-6H3. The third kappa shape index (κ3) is 2.42. The molecule has 132 valence electrons. The van der Waals surface area contributed by atoms with Gasteiger partial charge in [0.05, 0.1) is 0 Å². The molecule has 4 aliphatic carbocycles. The minimum atomic E-state index is -0.414. The highest BCUT2D eigenvalue weighted by atomic mass is 16.6. The monoisotopic (exact) mass is 332 g/mol. The molecule has 0 atom stereocenters. The van der Waals surface area contributed by atoms with Crippen molar-refractivity contribution in [2.75, 3.05) is 0 Å². The lowest BCUT2D eigenvalue weighted by molar-refractivity contribution is -0.250. The van der Waals surface area contributed by atoms with Crippen LogP contribution in [0.4, 0.5) is 0 Å². The topological polar surface area (TPSA) is 52.6 Å². The van der Waals surface area contributed by atoms with E-state index in [1.54, 1.807) is 13.8 Å². The second kappa shape index (κ2) is 5.47. The zero-order chi connectivity index (χ0) is 17.9. The van der Waals surface area contributed by atoms with E-state index in [-0.39, 0.29) is 11.9 Å². The Morgan fingerprint density at radius 3 is 1.21 bits per heavy atom. The molecule has 0 unspecified atom stereocenters. The van der Waals surface area contributed by atoms with E-state index in [4.69, 9.17) is 9.47 Å². The van der Waals surface area contributed by atoms with Gasteiger partial charge in [-0.05, 0) is 77.0 Å². The Balaban J connectivity index is 1.80. The predicted octanol–water partition coefficient (Wildman–Crippen LogP) is 3.81. The normalized spacial score (nSPS) is 42.5. The van der Waals surface area contributed by atoms with Crippen LogP contribution >= 0.6 is 0 Å². The molecular formula is C20H28O4. The van der Waals surface area contributed by atoms with Crippen LogP contribution in [-0.2, 0) is 19.1 Å². The van der Waals surface area contributed by atoms with E-state index in [0.29, 0.717) is 34.8 Å². The van der Waals surface area contributed by atoms with Gasteiger partial charge in [0.15, 0.2) is 0 Å². The molecule has 0 aliphatic heterocycles. The zero-order valence-corrected chi connectivity index (χ0v) is 15.2. The van der Waals surface area contributed by atoms with E-state index in [1.807, 2.05) is 0 Å². The average Bonchev–Trinajstić information content (AvgIpc) is 2.45. The van der Waals surface area contributed by atoms with E-state index in [9.17, 15) is 9.59 Å². The van der Waals surface area contributed by atoms with Crippen molar-refractivity contribution in [1.29, 1.82) is 0 Å². The zero-order valence-electron chi connectivity index (χ0n) is 15.2. The van der Waals surface area contributed by atoms with Gasteiger partial charge in [-0.25, -0.2) is 9.59 Å². The first-order valence-electron chi connectivity index (χ1n) is 8.85. The third-order valence-corrected chi connectivity index (χ3v) is 6.84. The molecule has 4 fully saturated rings. The van der Waals surface area contributed by atoms with Gasteiger partial charge >= 0.3 is 11.9 Å². The van der Waals surface area contributed by atoms with Gasteiger partial charge in [-0.3, -0.25) is 0 Å². The quantitative estimate of drug-likeness (QED) is 0.580. The fourth-order valence-corrected chi connectivity index (χ4v) is 5.20. The number of hydrogen-bond acceptors (Lipinski definition) is 4. The van der Waals surface area contributed by atoms with Crippen molar-refractivity contribution >= 4 is 11.9 Å². The van der Waals surface area contributed by atoms with Crippen LogP contribution in [0.15, 0.2) is 24.3 Å². The molecule has 4 saturated carbocycles. The Morgan fingerprint density at radius 2 is 1.00 bits per heavy atom. The van der Waals surface area contributed by atoms with Crippen molar-refractivity contribution in [2.24, 2.45) is 23.7 Å². The van der Waals surface area contributed by atoms with Crippen molar-refractivity contribution in [3.8, 4) is 0 Å². The lowest BCUT2D eigenvalue weighted by atomic mass is 9.45. The number of esters is 2. The van der Waals surface area contributed by atoms with Gasteiger partial charge < -0.3 is 9.47 Å². The summed E-state index contributed by atoms with van der Waals surface area (Å²) in [7, 11) is 0. The highest BCUT2D eigenvalue weighted by Gasteiger charge is 2.65. The predicted molar refractivity (Wildman–Crippen MR) is 91.1 cm³/mol. The van der Waals surface area contributed by atoms with Gasteiger partial charge in [-0.15, -0.1) is 0 Å². The van der Waals surface area contributed by atoms with Crippen LogP contribution in [0.3, 0.4) is 0 Å². The largest absolute Gasteiger partial charge is 0.455 e. The molecule has 4 bridgehead atoms. The molecule has 0 radical (unpaired) electrons. The van der Waals surface area contributed by atoms with E-state index < -0.39 is 11.2 Å². The third-order valence-electron chi connectivity index (χ3n) is 6.84. The molecule has 0 aromatic carbocycles. The van der Waals surface area contributed by atoms with Gasteiger partial charge in [0, 0.05) is 11.1 Å². The molecule has 0 saturated heterocycles. The molecule has 0 heterocycles. The summed E-state index contributed by atoms with van der Waals surface area (Å²) in [5, 5.41) is 0. The second-order valence-corrected chi connectivity index (χ2v) is 8.44. The van der Waals surface area contributed by atoms with Crippen molar-refractivity contribution in [3.05, 3.63) is 24.3 Å². The number of ether oxygens (including phenoxy) is 2. The molecule has 0 aromatic rings. The Hall–Kier alpha value is -1.58. The van der Waals surface area contributed by atoms with Gasteiger partial charge in [-0.2, -0.15) is 0 Å². The second-order valence-electron chi connectivity index (χ2n) is 8.44. The van der Waals surface area contributed by atoms with Crippen LogP contribution in [-0.4, -0.2) is 23.1 Å². The van der Waals surface area contributed by atoms with Crippen LogP contribution in [0, 0.1) is 23.7 Å². The molecule has 0 N–H and O–H groups in total. The molecule has 4 heteroatoms. The van der Waals surface area contributed by atoms with Gasteiger partial charge in [0.25, 0.3) is 0 Å².